The molecule has 6 rings (SSSR count). The van der Waals surface area contributed by atoms with Gasteiger partial charge in [0.05, 0.1) is 17.4 Å². The zero-order valence-corrected chi connectivity index (χ0v) is 23.7. The Morgan fingerprint density at radius 3 is 2.68 bits per heavy atom. The Morgan fingerprint density at radius 2 is 1.95 bits per heavy atom. The van der Waals surface area contributed by atoms with Gasteiger partial charge in [0, 0.05) is 35.8 Å². The van der Waals surface area contributed by atoms with Gasteiger partial charge in [0.25, 0.3) is 5.79 Å². The van der Waals surface area contributed by atoms with Crippen LogP contribution in [0, 0.1) is 5.82 Å². The highest BCUT2D eigenvalue weighted by Crippen LogP contribution is 2.50. The van der Waals surface area contributed by atoms with Crippen LogP contribution in [0.2, 0.25) is 5.02 Å². The number of rotatable bonds is 7. The van der Waals surface area contributed by atoms with Gasteiger partial charge in [-0.1, -0.05) is 28.9 Å². The van der Waals surface area contributed by atoms with Crippen molar-refractivity contribution >= 4 is 17.4 Å². The molecule has 216 valence electrons. The van der Waals surface area contributed by atoms with E-state index in [-0.39, 0.29) is 17.9 Å². The molecule has 1 atom stereocenters. The second kappa shape index (κ2) is 11.4. The summed E-state index contributed by atoms with van der Waals surface area (Å²) in [5.74, 6) is 0.534. The van der Waals surface area contributed by atoms with Gasteiger partial charge in [0.1, 0.15) is 11.6 Å². The van der Waals surface area contributed by atoms with Crippen LogP contribution in [0.1, 0.15) is 73.8 Å². The summed E-state index contributed by atoms with van der Waals surface area (Å²) in [4.78, 5) is 7.02. The van der Waals surface area contributed by atoms with Gasteiger partial charge in [-0.15, -0.1) is 0 Å². The number of oxime groups is 1. The molecule has 3 N–H and O–H groups in total. The maximum atomic E-state index is 14.8. The minimum Gasteiger partial charge on any atom is -0.488 e. The van der Waals surface area contributed by atoms with Crippen LogP contribution in [0.4, 0.5) is 4.39 Å². The Labute approximate surface area is 243 Å². The molecular weight excluding hydrogens is 547 g/mol. The number of aromatic nitrogens is 1. The fourth-order valence-electron chi connectivity index (χ4n) is 6.13. The number of pyridine rings is 1. The largest absolute Gasteiger partial charge is 0.488 e. The second-order valence-electron chi connectivity index (χ2n) is 11.2. The highest BCUT2D eigenvalue weighted by atomic mass is 35.5. The van der Waals surface area contributed by atoms with Crippen LogP contribution in [0.5, 0.6) is 17.2 Å². The lowest BCUT2D eigenvalue weighted by Gasteiger charge is -2.33. The Hall–Kier alpha value is -3.56. The molecule has 1 saturated carbocycles. The number of para-hydroxylation sites is 1. The minimum atomic E-state index is -1.27. The molecule has 10 heteroatoms. The zero-order chi connectivity index (χ0) is 28.6. The Kier molecular flexibility index (Phi) is 7.66. The van der Waals surface area contributed by atoms with Gasteiger partial charge in [0.2, 0.25) is 0 Å². The lowest BCUT2D eigenvalue weighted by atomic mass is 9.88. The van der Waals surface area contributed by atoms with Gasteiger partial charge < -0.3 is 25.2 Å². The van der Waals surface area contributed by atoms with Gasteiger partial charge in [-0.3, -0.25) is 9.88 Å². The highest BCUT2D eigenvalue weighted by molar-refractivity contribution is 6.30. The van der Waals surface area contributed by atoms with E-state index in [2.05, 4.69) is 21.1 Å². The quantitative estimate of drug-likeness (QED) is 0.146. The molecule has 0 bridgehead atoms. The van der Waals surface area contributed by atoms with Crippen molar-refractivity contribution in [2.75, 3.05) is 13.1 Å². The summed E-state index contributed by atoms with van der Waals surface area (Å²) in [6.07, 6.45) is 8.01. The van der Waals surface area contributed by atoms with E-state index < -0.39 is 11.6 Å². The Balaban J connectivity index is 1.15. The second-order valence-corrected chi connectivity index (χ2v) is 11.6. The van der Waals surface area contributed by atoms with Crippen molar-refractivity contribution in [3.63, 3.8) is 0 Å². The molecule has 41 heavy (non-hydrogen) atoms. The fraction of sp³-hybridized carbons (Fsp3) is 0.419. The van der Waals surface area contributed by atoms with E-state index in [9.17, 15) is 4.39 Å². The third-order valence-corrected chi connectivity index (χ3v) is 8.60. The standard InChI is InChI=1S/C31H34ClFN4O4/c1-31(24-10-9-21(32)16-25(24)33)40-27-8-4-7-23(29(27)41-31)19-11-13-37(14-12-19)18-26-28(39-22-5-2-3-6-22)15-20(17-35-26)30(34)36-38/h4,7-10,15-17,19,22,38H,2-3,5-6,11-14,18H2,1H3,(H2,34,36). The van der Waals surface area contributed by atoms with Crippen molar-refractivity contribution < 1.29 is 23.8 Å². The average molecular weight is 581 g/mol. The molecule has 8 nitrogen and oxygen atoms in total. The van der Waals surface area contributed by atoms with Crippen LogP contribution in [0.25, 0.3) is 0 Å². The number of amidine groups is 1. The molecule has 0 spiro atoms. The van der Waals surface area contributed by atoms with Crippen molar-refractivity contribution in [3.8, 4) is 17.2 Å². The number of nitrogens with two attached hydrogens (primary N) is 1. The summed E-state index contributed by atoms with van der Waals surface area (Å²) in [6.45, 7) is 4.11. The summed E-state index contributed by atoms with van der Waals surface area (Å²) < 4.78 is 33.6. The maximum absolute atomic E-state index is 14.8. The summed E-state index contributed by atoms with van der Waals surface area (Å²) in [6, 6.07) is 12.3. The number of halogens is 2. The van der Waals surface area contributed by atoms with E-state index in [1.165, 1.54) is 6.07 Å². The predicted octanol–water partition coefficient (Wildman–Crippen LogP) is 6.31. The van der Waals surface area contributed by atoms with Gasteiger partial charge >= 0.3 is 0 Å². The van der Waals surface area contributed by atoms with Gasteiger partial charge in [-0.25, -0.2) is 4.39 Å². The SMILES string of the molecule is CC1(c2ccc(Cl)cc2F)Oc2cccc(C3CCN(Cc4ncc(/C(N)=N\O)cc4OC4CCCC4)CC3)c2O1. The van der Waals surface area contributed by atoms with E-state index in [1.807, 2.05) is 18.2 Å². The molecule has 2 aliphatic heterocycles. The molecule has 3 heterocycles. The van der Waals surface area contributed by atoms with Gasteiger partial charge in [0.15, 0.2) is 17.3 Å². The number of likely N-dealkylation sites (tertiary alicyclic amines) is 1. The van der Waals surface area contributed by atoms with Crippen molar-refractivity contribution in [1.29, 1.82) is 0 Å². The fourth-order valence-corrected chi connectivity index (χ4v) is 6.29. The van der Waals surface area contributed by atoms with E-state index >= 15 is 0 Å². The van der Waals surface area contributed by atoms with Crippen LogP contribution in [0.15, 0.2) is 53.8 Å². The monoisotopic (exact) mass is 580 g/mol. The highest BCUT2D eigenvalue weighted by Gasteiger charge is 2.43. The topological polar surface area (TPSA) is 102 Å². The summed E-state index contributed by atoms with van der Waals surface area (Å²) in [5.41, 5.74) is 8.60. The number of hydrogen-bond acceptors (Lipinski definition) is 7. The molecule has 0 radical (unpaired) electrons. The first-order chi connectivity index (χ1) is 19.8. The van der Waals surface area contributed by atoms with Gasteiger partial charge in [-0.05, 0) is 87.9 Å². The summed E-state index contributed by atoms with van der Waals surface area (Å²) >= 11 is 5.96. The van der Waals surface area contributed by atoms with Crippen molar-refractivity contribution in [1.82, 2.24) is 9.88 Å². The molecule has 3 aliphatic rings. The van der Waals surface area contributed by atoms with E-state index in [1.54, 1.807) is 25.3 Å². The van der Waals surface area contributed by atoms with E-state index in [0.717, 1.165) is 62.9 Å². The maximum Gasteiger partial charge on any atom is 0.278 e. The van der Waals surface area contributed by atoms with Crippen molar-refractivity contribution in [2.45, 2.75) is 69.8 Å². The molecule has 3 aromatic rings. The summed E-state index contributed by atoms with van der Waals surface area (Å²) in [7, 11) is 0. The third kappa shape index (κ3) is 5.65. The average Bonchev–Trinajstić information content (AvgIpc) is 3.61. The van der Waals surface area contributed by atoms with Crippen molar-refractivity contribution in [3.05, 3.63) is 81.9 Å². The number of benzene rings is 2. The molecule has 1 unspecified atom stereocenters. The molecular formula is C31H34ClFN4O4. The van der Waals surface area contributed by atoms with Crippen molar-refractivity contribution in [2.24, 2.45) is 10.9 Å². The zero-order valence-electron chi connectivity index (χ0n) is 23.0. The lowest BCUT2D eigenvalue weighted by Crippen LogP contribution is -2.34. The molecule has 2 fully saturated rings. The molecule has 1 saturated heterocycles. The van der Waals surface area contributed by atoms with Gasteiger partial charge in [-0.2, -0.15) is 0 Å². The Morgan fingerprint density at radius 1 is 1.17 bits per heavy atom. The van der Waals surface area contributed by atoms with Crippen LogP contribution < -0.4 is 19.9 Å². The smallest absolute Gasteiger partial charge is 0.278 e. The first kappa shape index (κ1) is 27.6. The summed E-state index contributed by atoms with van der Waals surface area (Å²) in [5, 5.41) is 12.6. The molecule has 2 aromatic carbocycles. The number of ether oxygens (including phenoxy) is 3. The van der Waals surface area contributed by atoms with E-state index in [4.69, 9.17) is 36.8 Å². The lowest BCUT2D eigenvalue weighted by molar-refractivity contribution is -0.0712. The van der Waals surface area contributed by atoms with E-state index in [0.29, 0.717) is 39.9 Å². The predicted molar refractivity (Wildman–Crippen MR) is 153 cm³/mol. The normalized spacial score (nSPS) is 21.9. The number of piperidine rings is 1. The van der Waals surface area contributed by atoms with Crippen LogP contribution in [-0.2, 0) is 12.3 Å². The number of fused-ring (bicyclic) bond motifs is 1. The van der Waals surface area contributed by atoms with Crippen LogP contribution in [0.3, 0.4) is 0 Å². The molecule has 1 aromatic heterocycles. The first-order valence-electron chi connectivity index (χ1n) is 14.2. The number of hydrogen-bond donors (Lipinski definition) is 2. The van der Waals surface area contributed by atoms with Crippen LogP contribution in [-0.4, -0.2) is 40.1 Å². The third-order valence-electron chi connectivity index (χ3n) is 8.36. The molecule has 0 amide bonds. The first-order valence-corrected chi connectivity index (χ1v) is 14.5. The number of nitrogens with zero attached hydrogens (tertiary/aromatic N) is 3. The van der Waals surface area contributed by atoms with Crippen LogP contribution >= 0.6 is 11.6 Å². The Bertz CT molecular complexity index is 1460. The minimum absolute atomic E-state index is 0.0117. The molecule has 1 aliphatic carbocycles.